The first-order valence-electron chi connectivity index (χ1n) is 4.47. The van der Waals surface area contributed by atoms with E-state index < -0.39 is 0 Å². The lowest BCUT2D eigenvalue weighted by Gasteiger charge is -2.09. The van der Waals surface area contributed by atoms with Crippen LogP contribution < -0.4 is 5.73 Å². The molecule has 2 aromatic rings. The molecule has 0 spiro atoms. The molecule has 0 fully saturated rings. The number of benzene rings is 1. The minimum atomic E-state index is -0.165. The van der Waals surface area contributed by atoms with E-state index in [1.165, 1.54) is 0 Å². The average Bonchev–Trinajstić information content (AvgIpc) is 2.18. The zero-order chi connectivity index (χ0) is 11.0. The van der Waals surface area contributed by atoms with Gasteiger partial charge in [0.2, 0.25) is 5.28 Å². The Labute approximate surface area is 101 Å². The van der Waals surface area contributed by atoms with Gasteiger partial charge in [-0.05, 0) is 40.5 Å². The summed E-state index contributed by atoms with van der Waals surface area (Å²) in [5.41, 5.74) is 7.40. The van der Waals surface area contributed by atoms with E-state index in [-0.39, 0.29) is 11.3 Å². The van der Waals surface area contributed by atoms with Crippen molar-refractivity contribution in [3.8, 4) is 0 Å². The second kappa shape index (κ2) is 4.04. The van der Waals surface area contributed by atoms with Crippen LogP contribution in [0.15, 0.2) is 22.7 Å². The lowest BCUT2D eigenvalue weighted by atomic mass is 10.1. The van der Waals surface area contributed by atoms with Gasteiger partial charge in [-0.1, -0.05) is 12.1 Å². The molecule has 0 aliphatic rings. The van der Waals surface area contributed by atoms with Gasteiger partial charge in [0.1, 0.15) is 0 Å². The Balaban J connectivity index is 2.86. The molecule has 2 N–H and O–H groups in total. The van der Waals surface area contributed by atoms with Crippen LogP contribution in [0.3, 0.4) is 0 Å². The maximum absolute atomic E-state index is 5.84. The van der Waals surface area contributed by atoms with E-state index in [9.17, 15) is 0 Å². The number of hydrogen-bond acceptors (Lipinski definition) is 3. The van der Waals surface area contributed by atoms with Crippen molar-refractivity contribution in [3.05, 3.63) is 33.6 Å². The number of halogens is 2. The van der Waals surface area contributed by atoms with E-state index in [1.807, 2.05) is 25.1 Å². The third kappa shape index (κ3) is 1.97. The molecule has 1 atom stereocenters. The summed E-state index contributed by atoms with van der Waals surface area (Å²) in [6.45, 7) is 1.87. The van der Waals surface area contributed by atoms with Gasteiger partial charge in [-0.25, -0.2) is 9.97 Å². The fourth-order valence-electron chi connectivity index (χ4n) is 1.46. The Morgan fingerprint density at radius 3 is 2.80 bits per heavy atom. The van der Waals surface area contributed by atoms with Crippen molar-refractivity contribution in [2.24, 2.45) is 5.73 Å². The number of rotatable bonds is 1. The van der Waals surface area contributed by atoms with Crippen LogP contribution in [0.25, 0.3) is 10.9 Å². The second-order valence-corrected chi connectivity index (χ2v) is 4.49. The van der Waals surface area contributed by atoms with Gasteiger partial charge in [-0.3, -0.25) is 0 Å². The number of nitrogens with zero attached hydrogens (tertiary/aromatic N) is 2. The maximum atomic E-state index is 5.84. The molecule has 1 heterocycles. The van der Waals surface area contributed by atoms with Gasteiger partial charge in [-0.2, -0.15) is 0 Å². The highest BCUT2D eigenvalue weighted by Crippen LogP contribution is 2.27. The van der Waals surface area contributed by atoms with Crippen LogP contribution in [-0.4, -0.2) is 9.97 Å². The number of aromatic nitrogens is 2. The summed E-state index contributed by atoms with van der Waals surface area (Å²) in [5, 5.41) is 1.16. The molecule has 0 bridgehead atoms. The summed E-state index contributed by atoms with van der Waals surface area (Å²) >= 11 is 9.27. The topological polar surface area (TPSA) is 51.8 Å². The molecule has 78 valence electrons. The molecule has 0 radical (unpaired) electrons. The zero-order valence-electron chi connectivity index (χ0n) is 8.04. The molecule has 0 aliphatic heterocycles. The van der Waals surface area contributed by atoms with Crippen LogP contribution in [0, 0.1) is 0 Å². The van der Waals surface area contributed by atoms with Crippen molar-refractivity contribution < 1.29 is 0 Å². The smallest absolute Gasteiger partial charge is 0.223 e. The molecule has 3 nitrogen and oxygen atoms in total. The average molecular weight is 287 g/mol. The quantitative estimate of drug-likeness (QED) is 0.820. The minimum Gasteiger partial charge on any atom is -0.323 e. The first kappa shape index (κ1) is 10.8. The van der Waals surface area contributed by atoms with Crippen LogP contribution >= 0.6 is 27.5 Å². The van der Waals surface area contributed by atoms with Gasteiger partial charge in [0.05, 0.1) is 11.2 Å². The first-order valence-corrected chi connectivity index (χ1v) is 5.64. The predicted molar refractivity (Wildman–Crippen MR) is 64.9 cm³/mol. The van der Waals surface area contributed by atoms with Gasteiger partial charge in [0.15, 0.2) is 0 Å². The van der Waals surface area contributed by atoms with Crippen molar-refractivity contribution in [1.82, 2.24) is 9.97 Å². The normalized spacial score (nSPS) is 13.1. The third-order valence-corrected chi connectivity index (χ3v) is 2.92. The molecule has 2 rings (SSSR count). The van der Waals surface area contributed by atoms with Crippen molar-refractivity contribution in [2.45, 2.75) is 13.0 Å². The molecule has 0 aliphatic carbocycles. The highest BCUT2D eigenvalue weighted by atomic mass is 79.9. The number of hydrogen-bond donors (Lipinski definition) is 1. The molecular formula is C10H9BrClN3. The van der Waals surface area contributed by atoms with Crippen molar-refractivity contribution in [3.63, 3.8) is 0 Å². The fourth-order valence-corrected chi connectivity index (χ4v) is 2.09. The Morgan fingerprint density at radius 1 is 1.40 bits per heavy atom. The van der Waals surface area contributed by atoms with E-state index in [0.29, 0.717) is 0 Å². The van der Waals surface area contributed by atoms with Gasteiger partial charge < -0.3 is 5.73 Å². The van der Waals surface area contributed by atoms with E-state index in [4.69, 9.17) is 17.3 Å². The van der Waals surface area contributed by atoms with E-state index in [0.717, 1.165) is 21.1 Å². The number of fused-ring (bicyclic) bond motifs is 1. The molecular weight excluding hydrogens is 277 g/mol. The van der Waals surface area contributed by atoms with Crippen LogP contribution in [0.4, 0.5) is 0 Å². The second-order valence-electron chi connectivity index (χ2n) is 3.30. The van der Waals surface area contributed by atoms with E-state index >= 15 is 0 Å². The summed E-state index contributed by atoms with van der Waals surface area (Å²) in [6, 6.07) is 5.61. The molecule has 0 saturated heterocycles. The van der Waals surface area contributed by atoms with Crippen LogP contribution in [0.2, 0.25) is 5.28 Å². The lowest BCUT2D eigenvalue weighted by molar-refractivity contribution is 0.787. The van der Waals surface area contributed by atoms with Crippen molar-refractivity contribution in [1.29, 1.82) is 0 Å². The summed E-state index contributed by atoms with van der Waals surface area (Å²) < 4.78 is 0.895. The largest absolute Gasteiger partial charge is 0.323 e. The summed E-state index contributed by atoms with van der Waals surface area (Å²) in [6.07, 6.45) is 0. The van der Waals surface area contributed by atoms with Crippen LogP contribution in [0.1, 0.15) is 18.7 Å². The molecule has 5 heteroatoms. The van der Waals surface area contributed by atoms with Crippen molar-refractivity contribution in [2.75, 3.05) is 0 Å². The van der Waals surface area contributed by atoms with E-state index in [1.54, 1.807) is 0 Å². The summed E-state index contributed by atoms with van der Waals surface area (Å²) in [7, 11) is 0. The Kier molecular flexibility index (Phi) is 2.91. The van der Waals surface area contributed by atoms with Crippen LogP contribution in [-0.2, 0) is 0 Å². The molecule has 1 unspecified atom stereocenters. The van der Waals surface area contributed by atoms with Gasteiger partial charge in [0, 0.05) is 15.9 Å². The van der Waals surface area contributed by atoms with Gasteiger partial charge >= 0.3 is 0 Å². The fraction of sp³-hybridized carbons (Fsp3) is 0.200. The maximum Gasteiger partial charge on any atom is 0.223 e. The standard InChI is InChI=1S/C10H9BrClN3/c1-5(13)8-6-3-2-4-7(11)9(6)15-10(12)14-8/h2-5H,13H2,1H3. The number of para-hydroxylation sites is 1. The van der Waals surface area contributed by atoms with Crippen molar-refractivity contribution >= 4 is 38.4 Å². The molecule has 1 aromatic carbocycles. The highest BCUT2D eigenvalue weighted by molar-refractivity contribution is 9.10. The minimum absolute atomic E-state index is 0.165. The summed E-state index contributed by atoms with van der Waals surface area (Å²) in [5.74, 6) is 0. The monoisotopic (exact) mass is 285 g/mol. The number of nitrogens with two attached hydrogens (primary N) is 1. The SMILES string of the molecule is CC(N)c1nc(Cl)nc2c(Br)cccc12. The molecule has 0 saturated carbocycles. The Morgan fingerprint density at radius 2 is 2.13 bits per heavy atom. The summed E-state index contributed by atoms with van der Waals surface area (Å²) in [4.78, 5) is 8.32. The first-order chi connectivity index (χ1) is 7.09. The van der Waals surface area contributed by atoms with E-state index in [2.05, 4.69) is 25.9 Å². The lowest BCUT2D eigenvalue weighted by Crippen LogP contribution is -2.09. The van der Waals surface area contributed by atoms with Gasteiger partial charge in [0.25, 0.3) is 0 Å². The molecule has 15 heavy (non-hydrogen) atoms. The third-order valence-electron chi connectivity index (χ3n) is 2.11. The van der Waals surface area contributed by atoms with Gasteiger partial charge in [-0.15, -0.1) is 0 Å². The Bertz CT molecular complexity index is 513. The molecule has 1 aromatic heterocycles. The highest BCUT2D eigenvalue weighted by Gasteiger charge is 2.11. The Hall–Kier alpha value is -0.710. The van der Waals surface area contributed by atoms with Crippen LogP contribution in [0.5, 0.6) is 0 Å². The predicted octanol–water partition coefficient (Wildman–Crippen LogP) is 3.07. The molecule has 0 amide bonds. The zero-order valence-corrected chi connectivity index (χ0v) is 10.4.